The average molecular weight is 1050 g/mol. The Morgan fingerprint density at radius 1 is 0.681 bits per heavy atom. The van der Waals surface area contributed by atoms with E-state index in [9.17, 15) is 43.5 Å². The van der Waals surface area contributed by atoms with Crippen LogP contribution in [0.25, 0.3) is 0 Å². The number of ether oxygens (including phenoxy) is 3. The van der Waals surface area contributed by atoms with Crippen LogP contribution in [0.5, 0.6) is 0 Å². The molecule has 3 unspecified atom stereocenters. The molecule has 18 nitrogen and oxygen atoms in total. The summed E-state index contributed by atoms with van der Waals surface area (Å²) < 4.78 is 56.7. The molecule has 1 aliphatic heterocycles. The number of aliphatic hydroxyl groups is 2. The first kappa shape index (κ1) is 63.8. The molecule has 0 aliphatic carbocycles. The van der Waals surface area contributed by atoms with E-state index in [1.807, 2.05) is 18.2 Å². The Kier molecular flexibility index (Phi) is 34.7. The van der Waals surface area contributed by atoms with Gasteiger partial charge in [-0.1, -0.05) is 143 Å². The zero-order chi connectivity index (χ0) is 52.7. The molecule has 1 fully saturated rings. The Hall–Kier alpha value is -4.32. The summed E-state index contributed by atoms with van der Waals surface area (Å²) in [5, 5.41) is 20.9. The van der Waals surface area contributed by atoms with Gasteiger partial charge in [-0.15, -0.1) is 0 Å². The van der Waals surface area contributed by atoms with Gasteiger partial charge in [-0.3, -0.25) is 23.2 Å². The van der Waals surface area contributed by atoms with Gasteiger partial charge in [-0.2, -0.15) is 9.29 Å². The molecule has 0 saturated carbocycles. The summed E-state index contributed by atoms with van der Waals surface area (Å²) in [6.45, 7) is 1.92. The number of nitrogens with zero attached hydrogens (tertiary/aromatic N) is 2. The fourth-order valence-electron chi connectivity index (χ4n) is 6.78. The van der Waals surface area contributed by atoms with Crippen LogP contribution in [0.4, 0.5) is 5.82 Å². The number of carbonyl (C=O) groups excluding carboxylic acids is 2. The number of phosphoric ester groups is 2. The Morgan fingerprint density at radius 3 is 1.76 bits per heavy atom. The molecule has 1 saturated heterocycles. The third-order valence-corrected chi connectivity index (χ3v) is 13.3. The molecule has 1 aromatic heterocycles. The number of nitrogens with two attached hydrogens (primary N) is 1. The third kappa shape index (κ3) is 31.3. The number of rotatable bonds is 40. The van der Waals surface area contributed by atoms with Gasteiger partial charge in [0.05, 0.1) is 13.2 Å². The molecule has 1 aliphatic rings. The minimum atomic E-state index is -5.45. The second-order valence-corrected chi connectivity index (χ2v) is 20.0. The fourth-order valence-corrected chi connectivity index (χ4v) is 8.89. The third-order valence-electron chi connectivity index (χ3n) is 10.7. The summed E-state index contributed by atoms with van der Waals surface area (Å²) in [5.41, 5.74) is 4.58. The quantitative estimate of drug-likeness (QED) is 0.0177. The number of allylic oxidation sites excluding steroid dienone is 16. The number of aromatic nitrogens is 2. The van der Waals surface area contributed by atoms with Crippen LogP contribution in [0.1, 0.15) is 148 Å². The Bertz CT molecular complexity index is 2080. The van der Waals surface area contributed by atoms with Crippen LogP contribution in [0.3, 0.4) is 0 Å². The van der Waals surface area contributed by atoms with Crippen molar-refractivity contribution < 1.29 is 66.3 Å². The number of unbranched alkanes of at least 4 members (excludes halogenated alkanes) is 8. The van der Waals surface area contributed by atoms with Gasteiger partial charge in [0.15, 0.2) is 12.3 Å². The minimum Gasteiger partial charge on any atom is -0.462 e. The van der Waals surface area contributed by atoms with Crippen LogP contribution in [0.2, 0.25) is 0 Å². The summed E-state index contributed by atoms with van der Waals surface area (Å²) in [6, 6.07) is 1.24. The van der Waals surface area contributed by atoms with Crippen molar-refractivity contribution in [3.05, 3.63) is 120 Å². The van der Waals surface area contributed by atoms with Crippen molar-refractivity contribution in [2.75, 3.05) is 25.6 Å². The molecule has 0 amide bonds. The van der Waals surface area contributed by atoms with Crippen molar-refractivity contribution in [2.45, 2.75) is 173 Å². The lowest BCUT2D eigenvalue weighted by Gasteiger charge is -2.21. The first-order valence-corrected chi connectivity index (χ1v) is 28.2. The van der Waals surface area contributed by atoms with Gasteiger partial charge in [-0.25, -0.2) is 13.9 Å². The number of phosphoric acid groups is 2. The highest BCUT2D eigenvalue weighted by Crippen LogP contribution is 2.60. The molecule has 7 atom stereocenters. The van der Waals surface area contributed by atoms with Gasteiger partial charge in [0, 0.05) is 19.0 Å². The molecular formula is C52H81N3O15P2. The van der Waals surface area contributed by atoms with E-state index in [0.717, 1.165) is 87.8 Å². The van der Waals surface area contributed by atoms with E-state index in [1.165, 1.54) is 25.3 Å². The lowest BCUT2D eigenvalue weighted by atomic mass is 10.1. The first-order valence-electron chi connectivity index (χ1n) is 25.2. The van der Waals surface area contributed by atoms with Crippen molar-refractivity contribution in [1.29, 1.82) is 0 Å². The molecule has 404 valence electrons. The van der Waals surface area contributed by atoms with E-state index in [-0.39, 0.29) is 18.7 Å². The van der Waals surface area contributed by atoms with Crippen molar-refractivity contribution in [3.63, 3.8) is 0 Å². The summed E-state index contributed by atoms with van der Waals surface area (Å²) in [7, 11) is -10.9. The SMILES string of the molecule is CC/C=C\C/C=C\C/C=C\C/C=C\C/C=C\C/C=C\CCC(=O)O[C@H](COC(=O)CCCCCCC/C=C\C/C=C\CCCCC)COP(=O)(O)OP(=O)(O)OC[C@H]1O[C@@H](n2ccc(N)nc2=O)C(O)[C@H]1O. The van der Waals surface area contributed by atoms with E-state index in [4.69, 9.17) is 29.0 Å². The number of anilines is 1. The number of hydrogen-bond donors (Lipinski definition) is 5. The minimum absolute atomic E-state index is 0.0837. The van der Waals surface area contributed by atoms with E-state index in [0.29, 0.717) is 19.3 Å². The molecule has 0 bridgehead atoms. The maximum Gasteiger partial charge on any atom is 0.481 e. The fraction of sp³-hybridized carbons (Fsp3) is 0.577. The molecule has 1 aromatic rings. The summed E-state index contributed by atoms with van der Waals surface area (Å²) >= 11 is 0. The van der Waals surface area contributed by atoms with Gasteiger partial charge in [-0.05, 0) is 89.5 Å². The lowest BCUT2D eigenvalue weighted by molar-refractivity contribution is -0.161. The molecular weight excluding hydrogens is 969 g/mol. The highest BCUT2D eigenvalue weighted by molar-refractivity contribution is 7.61. The van der Waals surface area contributed by atoms with Crippen LogP contribution in [-0.4, -0.2) is 85.7 Å². The predicted molar refractivity (Wildman–Crippen MR) is 279 cm³/mol. The number of hydrogen-bond acceptors (Lipinski definition) is 15. The van der Waals surface area contributed by atoms with Gasteiger partial charge >= 0.3 is 33.3 Å². The van der Waals surface area contributed by atoms with E-state index < -0.39 is 83.7 Å². The highest BCUT2D eigenvalue weighted by Gasteiger charge is 2.46. The summed E-state index contributed by atoms with van der Waals surface area (Å²) in [6.07, 6.45) is 43.6. The predicted octanol–water partition coefficient (Wildman–Crippen LogP) is 10.4. The smallest absolute Gasteiger partial charge is 0.462 e. The van der Waals surface area contributed by atoms with E-state index in [2.05, 4.69) is 96.1 Å². The Balaban J connectivity index is 1.85. The van der Waals surface area contributed by atoms with Crippen molar-refractivity contribution in [1.82, 2.24) is 9.55 Å². The maximum absolute atomic E-state index is 12.8. The summed E-state index contributed by atoms with van der Waals surface area (Å²) in [4.78, 5) is 61.9. The number of aliphatic hydroxyl groups excluding tert-OH is 2. The van der Waals surface area contributed by atoms with E-state index in [1.54, 1.807) is 6.08 Å². The Labute approximate surface area is 426 Å². The second-order valence-electron chi connectivity index (χ2n) is 16.9. The molecule has 2 rings (SSSR count). The zero-order valence-corrected chi connectivity index (χ0v) is 44.0. The zero-order valence-electron chi connectivity index (χ0n) is 42.2. The summed E-state index contributed by atoms with van der Waals surface area (Å²) in [5.74, 6) is -1.42. The average Bonchev–Trinajstić information content (AvgIpc) is 3.62. The molecule has 0 spiro atoms. The number of esters is 2. The second kappa shape index (κ2) is 39.2. The highest BCUT2D eigenvalue weighted by atomic mass is 31.3. The van der Waals surface area contributed by atoms with Crippen LogP contribution in [-0.2, 0) is 46.3 Å². The molecule has 6 N–H and O–H groups in total. The van der Waals surface area contributed by atoms with Crippen molar-refractivity contribution in [3.8, 4) is 0 Å². The van der Waals surface area contributed by atoms with Gasteiger partial charge in [0.2, 0.25) is 0 Å². The maximum atomic E-state index is 12.8. The van der Waals surface area contributed by atoms with E-state index >= 15 is 0 Å². The van der Waals surface area contributed by atoms with Crippen LogP contribution in [0.15, 0.2) is 114 Å². The van der Waals surface area contributed by atoms with Gasteiger partial charge in [0.25, 0.3) is 0 Å². The molecule has 20 heteroatoms. The standard InChI is InChI=1S/C52H81N3O15P2/c1-3-5-7-9-11-13-15-17-19-20-21-22-24-26-28-30-32-34-36-38-48(57)68-44(41-65-47(56)37-35-33-31-29-27-25-23-18-16-14-12-10-8-6-4-2)42-66-71(61,62)70-72(63,64)67-43-45-49(58)50(59)51(69-45)55-40-39-46(53)54-52(55)60/h5,7,11-14,17-19,21-23,26,28,32,34,39-40,44-45,49-51,58-59H,3-4,6,8-10,15-16,20,24-25,27,29-31,33,35-38,41-43H2,1-2H3,(H,61,62)(H,63,64)(H2,53,54,60)/b7-5-,13-11-,14-12-,19-17-,22-21-,23-18-,28-26-,34-32-/t44-,45-,49+,50?,51-/m1/s1. The van der Waals surface area contributed by atoms with Crippen molar-refractivity contribution >= 4 is 33.4 Å². The molecule has 72 heavy (non-hydrogen) atoms. The van der Waals surface area contributed by atoms with Gasteiger partial charge < -0.3 is 39.9 Å². The monoisotopic (exact) mass is 1050 g/mol. The Morgan fingerprint density at radius 2 is 1.19 bits per heavy atom. The molecule has 2 heterocycles. The van der Waals surface area contributed by atoms with Gasteiger partial charge in [0.1, 0.15) is 30.7 Å². The number of carbonyl (C=O) groups is 2. The first-order chi connectivity index (χ1) is 34.7. The van der Waals surface area contributed by atoms with Crippen LogP contribution >= 0.6 is 15.6 Å². The largest absolute Gasteiger partial charge is 0.481 e. The number of nitrogen functional groups attached to an aromatic ring is 1. The normalized spacial score (nSPS) is 19.9. The van der Waals surface area contributed by atoms with Crippen LogP contribution in [0, 0.1) is 0 Å². The molecule has 0 aromatic carbocycles. The lowest BCUT2D eigenvalue weighted by Crippen LogP contribution is -2.36. The van der Waals surface area contributed by atoms with Crippen molar-refractivity contribution in [2.24, 2.45) is 0 Å². The van der Waals surface area contributed by atoms with Crippen LogP contribution < -0.4 is 11.4 Å². The topological polar surface area (TPSA) is 265 Å². The molecule has 0 radical (unpaired) electrons.